The van der Waals surface area contributed by atoms with Crippen molar-refractivity contribution in [3.63, 3.8) is 0 Å². The number of aliphatic hydroxyl groups is 1. The highest BCUT2D eigenvalue weighted by Gasteiger charge is 2.24. The van der Waals surface area contributed by atoms with Crippen molar-refractivity contribution in [2.24, 2.45) is 0 Å². The zero-order valence-electron chi connectivity index (χ0n) is 18.2. The van der Waals surface area contributed by atoms with Crippen molar-refractivity contribution in [2.45, 2.75) is 27.2 Å². The van der Waals surface area contributed by atoms with Crippen LogP contribution in [-0.4, -0.2) is 46.3 Å². The molecule has 0 aromatic carbocycles. The minimum atomic E-state index is -0.450. The number of carbonyl (C=O) groups excluding carboxylic acids is 2. The summed E-state index contributed by atoms with van der Waals surface area (Å²) >= 11 is 0. The van der Waals surface area contributed by atoms with Gasteiger partial charge in [0.2, 0.25) is 0 Å². The Bertz CT molecular complexity index is 1260. The molecule has 0 atom stereocenters. The highest BCUT2D eigenvalue weighted by atomic mass is 16.5. The molecule has 0 bridgehead atoms. The van der Waals surface area contributed by atoms with Crippen LogP contribution < -0.4 is 0 Å². The molecule has 8 heteroatoms. The second-order valence-corrected chi connectivity index (χ2v) is 7.45. The molecule has 0 fully saturated rings. The first-order valence-corrected chi connectivity index (χ1v) is 10.4. The van der Waals surface area contributed by atoms with Gasteiger partial charge in [-0.25, -0.2) is 9.31 Å². The minimum absolute atomic E-state index is 0.0749. The van der Waals surface area contributed by atoms with E-state index in [9.17, 15) is 14.7 Å². The number of carbonyl (C=O) groups is 2. The number of esters is 1. The molecule has 0 aliphatic carbocycles. The van der Waals surface area contributed by atoms with Gasteiger partial charge in [0, 0.05) is 17.3 Å². The highest BCUT2D eigenvalue weighted by Crippen LogP contribution is 2.34. The Morgan fingerprint density at radius 2 is 2.06 bits per heavy atom. The Kier molecular flexibility index (Phi) is 5.96. The van der Waals surface area contributed by atoms with Crippen molar-refractivity contribution < 1.29 is 28.6 Å². The quantitative estimate of drug-likeness (QED) is 0.346. The summed E-state index contributed by atoms with van der Waals surface area (Å²) in [5.41, 5.74) is 3.30. The summed E-state index contributed by atoms with van der Waals surface area (Å²) in [6.45, 7) is 5.89. The third-order valence-electron chi connectivity index (χ3n) is 5.27. The van der Waals surface area contributed by atoms with Crippen molar-refractivity contribution in [2.75, 3.05) is 19.8 Å². The van der Waals surface area contributed by atoms with Crippen LogP contribution in [0.4, 0.5) is 0 Å². The van der Waals surface area contributed by atoms with E-state index in [-0.39, 0.29) is 23.7 Å². The van der Waals surface area contributed by atoms with Gasteiger partial charge >= 0.3 is 5.97 Å². The number of hydrogen-bond donors (Lipinski definition) is 1. The lowest BCUT2D eigenvalue weighted by molar-refractivity contribution is -0.111. The van der Waals surface area contributed by atoms with Crippen LogP contribution in [0.2, 0.25) is 0 Å². The van der Waals surface area contributed by atoms with Crippen LogP contribution in [0.25, 0.3) is 28.0 Å². The SMILES string of the molecule is CCOC(=O)c1cc(-c2ccn3ncc(/C(C(C)=O)=C(\C)O)c3c2)oc1C1=CCOCC1. The summed E-state index contributed by atoms with van der Waals surface area (Å²) in [7, 11) is 0. The van der Waals surface area contributed by atoms with E-state index < -0.39 is 5.97 Å². The van der Waals surface area contributed by atoms with Crippen LogP contribution in [0.15, 0.2) is 46.8 Å². The number of hydrogen-bond acceptors (Lipinski definition) is 7. The van der Waals surface area contributed by atoms with Gasteiger partial charge in [-0.05, 0) is 51.0 Å². The molecular weight excluding hydrogens is 412 g/mol. The van der Waals surface area contributed by atoms with E-state index in [2.05, 4.69) is 5.10 Å². The molecule has 3 aromatic heterocycles. The smallest absolute Gasteiger partial charge is 0.342 e. The summed E-state index contributed by atoms with van der Waals surface area (Å²) in [5, 5.41) is 14.3. The Balaban J connectivity index is 1.84. The molecule has 1 aliphatic rings. The van der Waals surface area contributed by atoms with E-state index in [1.54, 1.807) is 29.9 Å². The van der Waals surface area contributed by atoms with Gasteiger partial charge in [0.25, 0.3) is 0 Å². The van der Waals surface area contributed by atoms with Crippen LogP contribution in [0, 0.1) is 0 Å². The molecule has 0 amide bonds. The van der Waals surface area contributed by atoms with Crippen LogP contribution >= 0.6 is 0 Å². The summed E-state index contributed by atoms with van der Waals surface area (Å²) < 4.78 is 18.4. The zero-order valence-corrected chi connectivity index (χ0v) is 18.2. The Hall–Kier alpha value is -3.65. The van der Waals surface area contributed by atoms with E-state index in [1.807, 2.05) is 18.2 Å². The molecular formula is C24H24N2O6. The summed E-state index contributed by atoms with van der Waals surface area (Å²) in [4.78, 5) is 24.7. The van der Waals surface area contributed by atoms with E-state index in [0.29, 0.717) is 53.4 Å². The van der Waals surface area contributed by atoms with Gasteiger partial charge in [0.15, 0.2) is 5.78 Å². The number of aromatic nitrogens is 2. The average molecular weight is 436 g/mol. The van der Waals surface area contributed by atoms with Crippen molar-refractivity contribution in [3.8, 4) is 11.3 Å². The van der Waals surface area contributed by atoms with E-state index in [0.717, 1.165) is 5.57 Å². The van der Waals surface area contributed by atoms with Gasteiger partial charge in [-0.2, -0.15) is 5.10 Å². The van der Waals surface area contributed by atoms with Gasteiger partial charge in [-0.15, -0.1) is 0 Å². The average Bonchev–Trinajstić information content (AvgIpc) is 3.39. The fraction of sp³-hybridized carbons (Fsp3) is 0.292. The minimum Gasteiger partial charge on any atom is -0.512 e. The number of ether oxygens (including phenoxy) is 2. The van der Waals surface area contributed by atoms with Crippen molar-refractivity contribution in [1.82, 2.24) is 9.61 Å². The van der Waals surface area contributed by atoms with E-state index in [1.165, 1.54) is 13.8 Å². The lowest BCUT2D eigenvalue weighted by atomic mass is 10.0. The number of fused-ring (bicyclic) bond motifs is 1. The maximum Gasteiger partial charge on any atom is 0.342 e. The largest absolute Gasteiger partial charge is 0.512 e. The standard InChI is InChI=1S/C24H24N2O6/c1-4-31-24(29)18-12-21(32-23(18)16-6-9-30-10-7-16)17-5-8-26-20(11-17)19(13-25-26)22(14(2)27)15(3)28/h5-6,8,11-13,27H,4,7,9-10H2,1-3H3/b22-14+. The highest BCUT2D eigenvalue weighted by molar-refractivity contribution is 6.21. The van der Waals surface area contributed by atoms with Crippen LogP contribution in [0.3, 0.4) is 0 Å². The van der Waals surface area contributed by atoms with E-state index in [4.69, 9.17) is 13.9 Å². The van der Waals surface area contributed by atoms with Gasteiger partial charge < -0.3 is 19.0 Å². The van der Waals surface area contributed by atoms with Crippen molar-refractivity contribution in [3.05, 3.63) is 59.3 Å². The van der Waals surface area contributed by atoms with Gasteiger partial charge in [-0.1, -0.05) is 6.08 Å². The van der Waals surface area contributed by atoms with Crippen molar-refractivity contribution in [1.29, 1.82) is 0 Å². The third kappa shape index (κ3) is 3.97. The molecule has 166 valence electrons. The lowest BCUT2D eigenvalue weighted by Gasteiger charge is -2.12. The topological polar surface area (TPSA) is 103 Å². The molecule has 3 aromatic rings. The fourth-order valence-corrected chi connectivity index (χ4v) is 3.83. The number of furan rings is 1. The van der Waals surface area contributed by atoms with Crippen LogP contribution in [-0.2, 0) is 14.3 Å². The normalized spacial score (nSPS) is 14.8. The molecule has 0 spiro atoms. The Morgan fingerprint density at radius 1 is 1.25 bits per heavy atom. The Morgan fingerprint density at radius 3 is 2.72 bits per heavy atom. The number of rotatable bonds is 6. The summed E-state index contributed by atoms with van der Waals surface area (Å²) in [6.07, 6.45) is 5.81. The summed E-state index contributed by atoms with van der Waals surface area (Å²) in [5.74, 6) is 0.176. The van der Waals surface area contributed by atoms with Crippen LogP contribution in [0.1, 0.15) is 48.9 Å². The molecule has 4 rings (SSSR count). The predicted octanol–water partition coefficient (Wildman–Crippen LogP) is 4.45. The maximum absolute atomic E-state index is 12.6. The molecule has 0 saturated carbocycles. The molecule has 0 saturated heterocycles. The fourth-order valence-electron chi connectivity index (χ4n) is 3.83. The molecule has 4 heterocycles. The van der Waals surface area contributed by atoms with Gasteiger partial charge in [0.1, 0.15) is 22.8 Å². The molecule has 0 unspecified atom stereocenters. The molecule has 1 N–H and O–H groups in total. The number of aliphatic hydroxyl groups excluding tert-OH is 1. The second-order valence-electron chi connectivity index (χ2n) is 7.45. The van der Waals surface area contributed by atoms with Gasteiger partial charge in [-0.3, -0.25) is 4.79 Å². The van der Waals surface area contributed by atoms with E-state index >= 15 is 0 Å². The number of nitrogens with zero attached hydrogens (tertiary/aromatic N) is 2. The molecule has 8 nitrogen and oxygen atoms in total. The summed E-state index contributed by atoms with van der Waals surface area (Å²) in [6, 6.07) is 5.29. The second kappa shape index (κ2) is 8.84. The number of allylic oxidation sites excluding steroid dienone is 2. The molecule has 1 aliphatic heterocycles. The Labute approximate surface area is 184 Å². The molecule has 32 heavy (non-hydrogen) atoms. The maximum atomic E-state index is 12.6. The first-order chi connectivity index (χ1) is 15.4. The first-order valence-electron chi connectivity index (χ1n) is 10.4. The lowest BCUT2D eigenvalue weighted by Crippen LogP contribution is -2.08. The van der Waals surface area contributed by atoms with Crippen molar-refractivity contribution >= 4 is 28.4 Å². The predicted molar refractivity (Wildman–Crippen MR) is 118 cm³/mol. The first kappa shape index (κ1) is 21.6. The number of Topliss-reactive ketones (excluding diaryl/α,β-unsaturated/α-hetero) is 1. The van der Waals surface area contributed by atoms with Crippen LogP contribution in [0.5, 0.6) is 0 Å². The molecule has 0 radical (unpaired) electrons. The monoisotopic (exact) mass is 436 g/mol. The zero-order chi connectivity index (χ0) is 22.8. The number of ketones is 1. The van der Waals surface area contributed by atoms with Gasteiger partial charge in [0.05, 0.1) is 37.1 Å². The third-order valence-corrected chi connectivity index (χ3v) is 5.27. The number of pyridine rings is 1.